The van der Waals surface area contributed by atoms with Crippen LogP contribution in [0.15, 0.2) is 24.3 Å². The Bertz CT molecular complexity index is 835. The minimum absolute atomic E-state index is 0. The van der Waals surface area contributed by atoms with Crippen molar-refractivity contribution in [1.29, 1.82) is 0 Å². The first-order valence-electron chi connectivity index (χ1n) is 10.5. The van der Waals surface area contributed by atoms with Crippen molar-refractivity contribution in [3.05, 3.63) is 35.4 Å². The van der Waals surface area contributed by atoms with E-state index in [1.165, 1.54) is 0 Å². The minimum atomic E-state index is 0. The molecule has 0 radical (unpaired) electrons. The van der Waals surface area contributed by atoms with E-state index in [2.05, 4.69) is 35.5 Å². The largest absolute Gasteiger partial charge is 1.00 e. The normalized spacial score (nSPS) is 17.9. The van der Waals surface area contributed by atoms with Crippen molar-refractivity contribution in [1.82, 2.24) is 0 Å². The third kappa shape index (κ3) is 8.31. The van der Waals surface area contributed by atoms with Crippen LogP contribution in [-0.4, -0.2) is 87.8 Å². The van der Waals surface area contributed by atoms with E-state index in [1.54, 1.807) is 0 Å². The minimum Gasteiger partial charge on any atom is -1.00 e. The van der Waals surface area contributed by atoms with Crippen LogP contribution in [0.1, 0.15) is 11.1 Å². The molecule has 170 valence electrons. The molecule has 0 aromatic heterocycles. The number of hydrogen-bond donors (Lipinski definition) is 0. The summed E-state index contributed by atoms with van der Waals surface area (Å²) in [5, 5.41) is 0. The molecule has 6 heteroatoms. The predicted molar refractivity (Wildman–Crippen MR) is 119 cm³/mol. The Balaban J connectivity index is 0.00000256. The van der Waals surface area contributed by atoms with E-state index < -0.39 is 0 Å². The molecular formula is C26H30Br2N2O2. The Morgan fingerprint density at radius 3 is 1.28 bits per heavy atom. The first-order valence-corrected chi connectivity index (χ1v) is 10.5. The van der Waals surface area contributed by atoms with Gasteiger partial charge in [0.1, 0.15) is 52.4 Å². The van der Waals surface area contributed by atoms with E-state index in [1.807, 2.05) is 24.3 Å². The Hall–Kier alpha value is -1.74. The molecule has 0 N–H and O–H groups in total. The summed E-state index contributed by atoms with van der Waals surface area (Å²) in [6, 6.07) is 8.12. The molecule has 2 heterocycles. The fraction of sp³-hybridized carbons (Fsp3) is 0.462. The number of quaternary nitrogens is 2. The van der Waals surface area contributed by atoms with E-state index in [0.717, 1.165) is 85.8 Å². The van der Waals surface area contributed by atoms with Gasteiger partial charge in [-0.05, 0) is 47.9 Å². The second-order valence-corrected chi connectivity index (χ2v) is 8.02. The summed E-state index contributed by atoms with van der Waals surface area (Å²) in [6.45, 7) is 9.67. The Morgan fingerprint density at radius 2 is 0.969 bits per heavy atom. The lowest BCUT2D eigenvalue weighted by atomic mass is 10.1. The van der Waals surface area contributed by atoms with Crippen molar-refractivity contribution in [3.8, 4) is 48.4 Å². The summed E-state index contributed by atoms with van der Waals surface area (Å²) in [5.41, 5.74) is 1.99. The number of benzene rings is 1. The third-order valence-corrected chi connectivity index (χ3v) is 5.87. The molecule has 3 rings (SSSR count). The molecule has 1 aromatic rings. The van der Waals surface area contributed by atoms with Crippen LogP contribution in [0.5, 0.6) is 0 Å². The summed E-state index contributed by atoms with van der Waals surface area (Å²) >= 11 is 0. The first-order chi connectivity index (χ1) is 14.7. The van der Waals surface area contributed by atoms with Crippen molar-refractivity contribution < 1.29 is 52.4 Å². The van der Waals surface area contributed by atoms with Crippen molar-refractivity contribution in [2.24, 2.45) is 0 Å². The van der Waals surface area contributed by atoms with Crippen LogP contribution < -0.4 is 34.0 Å². The number of ether oxygens (including phenoxy) is 2. The molecule has 2 aliphatic rings. The van der Waals surface area contributed by atoms with Gasteiger partial charge in [-0.1, -0.05) is 11.8 Å². The van der Waals surface area contributed by atoms with E-state index in [9.17, 15) is 0 Å². The van der Waals surface area contributed by atoms with Gasteiger partial charge in [0, 0.05) is 11.1 Å². The van der Waals surface area contributed by atoms with Crippen LogP contribution in [0.3, 0.4) is 0 Å². The monoisotopic (exact) mass is 560 g/mol. The van der Waals surface area contributed by atoms with Gasteiger partial charge in [-0.2, -0.15) is 0 Å². The average molecular weight is 562 g/mol. The maximum absolute atomic E-state index is 5.57. The molecule has 0 aliphatic carbocycles. The van der Waals surface area contributed by atoms with Gasteiger partial charge in [0.2, 0.25) is 0 Å². The van der Waals surface area contributed by atoms with Crippen LogP contribution in [0, 0.1) is 48.4 Å². The quantitative estimate of drug-likeness (QED) is 0.272. The molecule has 2 fully saturated rings. The molecule has 1 aromatic carbocycles. The van der Waals surface area contributed by atoms with Crippen molar-refractivity contribution >= 4 is 0 Å². The van der Waals surface area contributed by atoms with E-state index in [4.69, 9.17) is 22.3 Å². The van der Waals surface area contributed by atoms with Gasteiger partial charge in [0.05, 0.1) is 26.4 Å². The highest BCUT2D eigenvalue weighted by Gasteiger charge is 2.29. The number of morpholine rings is 2. The van der Waals surface area contributed by atoms with Crippen LogP contribution in [0.4, 0.5) is 0 Å². The van der Waals surface area contributed by atoms with E-state index in [0.29, 0.717) is 13.1 Å². The van der Waals surface area contributed by atoms with Crippen LogP contribution in [0.2, 0.25) is 0 Å². The maximum atomic E-state index is 5.57. The van der Waals surface area contributed by atoms with Crippen molar-refractivity contribution in [2.45, 2.75) is 0 Å². The van der Waals surface area contributed by atoms with Gasteiger partial charge in [-0.15, -0.1) is 12.8 Å². The molecule has 0 bridgehead atoms. The SMILES string of the molecule is C#CC[N+]1(CC#Cc2ccc(C#CC[N+]3(CC#C)CCOCC3)cc2)CCOCC1.[Br-].[Br-]. The van der Waals surface area contributed by atoms with Gasteiger partial charge in [0.25, 0.3) is 0 Å². The molecule has 32 heavy (non-hydrogen) atoms. The number of rotatable bonds is 4. The number of nitrogens with zero attached hydrogens (tertiary/aromatic N) is 2. The molecule has 4 nitrogen and oxygen atoms in total. The fourth-order valence-electron chi connectivity index (χ4n) is 3.85. The molecule has 0 saturated carbocycles. The van der Waals surface area contributed by atoms with E-state index in [-0.39, 0.29) is 34.0 Å². The smallest absolute Gasteiger partial charge is 0.142 e. The third-order valence-electron chi connectivity index (χ3n) is 5.87. The van der Waals surface area contributed by atoms with Gasteiger partial charge in [0.15, 0.2) is 0 Å². The number of halogens is 2. The zero-order valence-corrected chi connectivity index (χ0v) is 21.6. The molecule has 2 aliphatic heterocycles. The van der Waals surface area contributed by atoms with Gasteiger partial charge in [-0.25, -0.2) is 0 Å². The molecule has 2 saturated heterocycles. The van der Waals surface area contributed by atoms with Crippen LogP contribution in [-0.2, 0) is 9.47 Å². The Morgan fingerprint density at radius 1 is 0.625 bits per heavy atom. The van der Waals surface area contributed by atoms with E-state index >= 15 is 0 Å². The first kappa shape index (κ1) is 28.3. The summed E-state index contributed by atoms with van der Waals surface area (Å²) in [4.78, 5) is 0. The zero-order valence-electron chi connectivity index (χ0n) is 18.4. The van der Waals surface area contributed by atoms with Crippen LogP contribution in [0.25, 0.3) is 0 Å². The maximum Gasteiger partial charge on any atom is 0.142 e. The van der Waals surface area contributed by atoms with Gasteiger partial charge < -0.3 is 43.4 Å². The van der Waals surface area contributed by atoms with Gasteiger partial charge in [-0.3, -0.25) is 8.97 Å². The summed E-state index contributed by atoms with van der Waals surface area (Å²) in [5.74, 6) is 18.8. The summed E-state index contributed by atoms with van der Waals surface area (Å²) in [7, 11) is 0. The number of hydrogen-bond acceptors (Lipinski definition) is 2. The predicted octanol–water partition coefficient (Wildman–Crippen LogP) is -4.64. The molecular weight excluding hydrogens is 532 g/mol. The van der Waals surface area contributed by atoms with Crippen molar-refractivity contribution in [2.75, 3.05) is 78.8 Å². The summed E-state index contributed by atoms with van der Waals surface area (Å²) in [6.07, 6.45) is 11.1. The molecule has 0 amide bonds. The summed E-state index contributed by atoms with van der Waals surface area (Å²) < 4.78 is 12.6. The lowest BCUT2D eigenvalue weighted by molar-refractivity contribution is -0.922. The Kier molecular flexibility index (Phi) is 12.7. The lowest BCUT2D eigenvalue weighted by Crippen LogP contribution is -3.00. The van der Waals surface area contributed by atoms with Crippen LogP contribution >= 0.6 is 0 Å². The highest BCUT2D eigenvalue weighted by Crippen LogP contribution is 2.11. The fourth-order valence-corrected chi connectivity index (χ4v) is 3.85. The topological polar surface area (TPSA) is 18.5 Å². The van der Waals surface area contributed by atoms with Crippen molar-refractivity contribution in [3.63, 3.8) is 0 Å². The standard InChI is InChI=1S/C26H30N2O2.2BrH/c1-3-13-27(17-21-29-22-18-27)15-5-7-25-9-11-26(12-10-25)8-6-16-28(14-4-2)19-23-30-24-20-28;;/h1-2,9-12H,13-24H2;2*1H/q+2;;/p-2. The Labute approximate surface area is 214 Å². The highest BCUT2D eigenvalue weighted by atomic mass is 79.9. The highest BCUT2D eigenvalue weighted by molar-refractivity contribution is 5.41. The van der Waals surface area contributed by atoms with Gasteiger partial charge >= 0.3 is 0 Å². The lowest BCUT2D eigenvalue weighted by Gasteiger charge is -2.38. The molecule has 0 spiro atoms. The second kappa shape index (κ2) is 14.4. The molecule has 0 atom stereocenters. The molecule has 0 unspecified atom stereocenters. The number of terminal acetylenes is 2. The zero-order chi connectivity index (χ0) is 21.1. The average Bonchev–Trinajstić information content (AvgIpc) is 2.77. The second-order valence-electron chi connectivity index (χ2n) is 8.02.